The summed E-state index contributed by atoms with van der Waals surface area (Å²) in [6.07, 6.45) is 5.63. The fourth-order valence-corrected chi connectivity index (χ4v) is 3.96. The van der Waals surface area contributed by atoms with Crippen LogP contribution >= 0.6 is 0 Å². The molecule has 17 heavy (non-hydrogen) atoms. The van der Waals surface area contributed by atoms with E-state index < -0.39 is 0 Å². The van der Waals surface area contributed by atoms with E-state index in [1.807, 2.05) is 0 Å². The minimum Gasteiger partial charge on any atom is -0.315 e. The third-order valence-corrected chi connectivity index (χ3v) is 4.67. The molecule has 0 amide bonds. The summed E-state index contributed by atoms with van der Waals surface area (Å²) in [5.41, 5.74) is 0.491. The highest BCUT2D eigenvalue weighted by atomic mass is 14.9. The standard InChI is InChI=1S/C16H33N/c1-7-17-14(4)11-16(5,6)15-9-12(2)8-13(3)10-15/h12-15,17H,7-11H2,1-6H3. The van der Waals surface area contributed by atoms with Crippen molar-refractivity contribution >= 4 is 0 Å². The van der Waals surface area contributed by atoms with Gasteiger partial charge in [-0.1, -0.05) is 34.6 Å². The Labute approximate surface area is 109 Å². The predicted molar refractivity (Wildman–Crippen MR) is 77.2 cm³/mol. The summed E-state index contributed by atoms with van der Waals surface area (Å²) in [5.74, 6) is 2.78. The van der Waals surface area contributed by atoms with Crippen LogP contribution in [0.15, 0.2) is 0 Å². The molecule has 0 heterocycles. The number of hydrogen-bond acceptors (Lipinski definition) is 1. The molecule has 0 saturated heterocycles. The largest absolute Gasteiger partial charge is 0.315 e. The van der Waals surface area contributed by atoms with Crippen molar-refractivity contribution in [2.24, 2.45) is 23.2 Å². The molecule has 0 aliphatic heterocycles. The van der Waals surface area contributed by atoms with Crippen molar-refractivity contribution in [2.45, 2.75) is 73.3 Å². The lowest BCUT2D eigenvalue weighted by Crippen LogP contribution is -2.37. The quantitative estimate of drug-likeness (QED) is 0.746. The van der Waals surface area contributed by atoms with Gasteiger partial charge in [-0.05, 0) is 62.3 Å². The molecule has 1 fully saturated rings. The summed E-state index contributed by atoms with van der Waals surface area (Å²) < 4.78 is 0. The zero-order chi connectivity index (χ0) is 13.1. The summed E-state index contributed by atoms with van der Waals surface area (Å²) in [6.45, 7) is 15.5. The highest BCUT2D eigenvalue weighted by Gasteiger charge is 2.35. The zero-order valence-corrected chi connectivity index (χ0v) is 12.8. The lowest BCUT2D eigenvalue weighted by Gasteiger charge is -2.43. The number of rotatable bonds is 5. The summed E-state index contributed by atoms with van der Waals surface area (Å²) in [4.78, 5) is 0. The van der Waals surface area contributed by atoms with Crippen molar-refractivity contribution in [2.75, 3.05) is 6.54 Å². The van der Waals surface area contributed by atoms with E-state index in [1.165, 1.54) is 25.7 Å². The molecule has 0 bridgehead atoms. The van der Waals surface area contributed by atoms with Gasteiger partial charge < -0.3 is 5.32 Å². The fourth-order valence-electron chi connectivity index (χ4n) is 3.96. The van der Waals surface area contributed by atoms with Gasteiger partial charge in [0.1, 0.15) is 0 Å². The van der Waals surface area contributed by atoms with Crippen LogP contribution in [0.4, 0.5) is 0 Å². The molecular formula is C16H33N. The molecule has 0 radical (unpaired) electrons. The Balaban J connectivity index is 2.55. The summed E-state index contributed by atoms with van der Waals surface area (Å²) in [7, 11) is 0. The van der Waals surface area contributed by atoms with E-state index >= 15 is 0 Å². The highest BCUT2D eigenvalue weighted by Crippen LogP contribution is 2.44. The van der Waals surface area contributed by atoms with E-state index in [4.69, 9.17) is 0 Å². The molecule has 1 nitrogen and oxygen atoms in total. The maximum Gasteiger partial charge on any atom is 0.00437 e. The molecule has 0 aromatic heterocycles. The Kier molecular flexibility index (Phi) is 5.50. The van der Waals surface area contributed by atoms with Gasteiger partial charge >= 0.3 is 0 Å². The summed E-state index contributed by atoms with van der Waals surface area (Å²) >= 11 is 0. The predicted octanol–water partition coefficient (Wildman–Crippen LogP) is 4.47. The first-order valence-electron chi connectivity index (χ1n) is 7.58. The second-order valence-corrected chi connectivity index (χ2v) is 7.27. The Morgan fingerprint density at radius 1 is 1.12 bits per heavy atom. The minimum atomic E-state index is 0.491. The normalized spacial score (nSPS) is 32.5. The van der Waals surface area contributed by atoms with Crippen LogP contribution in [0.1, 0.15) is 67.2 Å². The average molecular weight is 239 g/mol. The fraction of sp³-hybridized carbons (Fsp3) is 1.00. The molecule has 0 aromatic rings. The molecule has 1 heteroatoms. The molecule has 1 N–H and O–H groups in total. The lowest BCUT2D eigenvalue weighted by atomic mass is 9.64. The molecule has 0 spiro atoms. The topological polar surface area (TPSA) is 12.0 Å². The second-order valence-electron chi connectivity index (χ2n) is 7.27. The monoisotopic (exact) mass is 239 g/mol. The van der Waals surface area contributed by atoms with Gasteiger partial charge in [0.25, 0.3) is 0 Å². The lowest BCUT2D eigenvalue weighted by molar-refractivity contribution is 0.0849. The van der Waals surface area contributed by atoms with Gasteiger partial charge in [-0.25, -0.2) is 0 Å². The molecule has 1 rings (SSSR count). The van der Waals surface area contributed by atoms with E-state index in [2.05, 4.69) is 46.9 Å². The maximum absolute atomic E-state index is 3.56. The SMILES string of the molecule is CCNC(C)CC(C)(C)C1CC(C)CC(C)C1. The first-order valence-corrected chi connectivity index (χ1v) is 7.58. The van der Waals surface area contributed by atoms with Gasteiger partial charge in [0.05, 0.1) is 0 Å². The van der Waals surface area contributed by atoms with Gasteiger partial charge in [0.2, 0.25) is 0 Å². The van der Waals surface area contributed by atoms with Crippen LogP contribution in [-0.2, 0) is 0 Å². The van der Waals surface area contributed by atoms with E-state index in [0.29, 0.717) is 11.5 Å². The van der Waals surface area contributed by atoms with Crippen LogP contribution in [-0.4, -0.2) is 12.6 Å². The summed E-state index contributed by atoms with van der Waals surface area (Å²) in [6, 6.07) is 0.655. The molecular weight excluding hydrogens is 206 g/mol. The molecule has 0 aromatic carbocycles. The van der Waals surface area contributed by atoms with Gasteiger partial charge in [-0.2, -0.15) is 0 Å². The van der Waals surface area contributed by atoms with Crippen molar-refractivity contribution in [3.8, 4) is 0 Å². The van der Waals surface area contributed by atoms with E-state index in [0.717, 1.165) is 24.3 Å². The molecule has 3 atom stereocenters. The third-order valence-electron chi connectivity index (χ3n) is 4.67. The van der Waals surface area contributed by atoms with E-state index in [-0.39, 0.29) is 0 Å². The van der Waals surface area contributed by atoms with Crippen LogP contribution in [0.5, 0.6) is 0 Å². The third kappa shape index (κ3) is 4.62. The van der Waals surface area contributed by atoms with Crippen LogP contribution in [0.2, 0.25) is 0 Å². The Morgan fingerprint density at radius 2 is 1.65 bits per heavy atom. The molecule has 102 valence electrons. The van der Waals surface area contributed by atoms with Gasteiger partial charge in [0, 0.05) is 6.04 Å². The van der Waals surface area contributed by atoms with Gasteiger partial charge in [-0.3, -0.25) is 0 Å². The summed E-state index contributed by atoms with van der Waals surface area (Å²) in [5, 5.41) is 3.56. The first kappa shape index (κ1) is 15.0. The van der Waals surface area contributed by atoms with Crippen LogP contribution in [0.25, 0.3) is 0 Å². The van der Waals surface area contributed by atoms with Crippen molar-refractivity contribution in [1.82, 2.24) is 5.32 Å². The van der Waals surface area contributed by atoms with Gasteiger partial charge in [0.15, 0.2) is 0 Å². The van der Waals surface area contributed by atoms with Crippen molar-refractivity contribution in [1.29, 1.82) is 0 Å². The van der Waals surface area contributed by atoms with Crippen LogP contribution in [0.3, 0.4) is 0 Å². The Bertz CT molecular complexity index is 212. The molecule has 1 saturated carbocycles. The zero-order valence-electron chi connectivity index (χ0n) is 12.8. The minimum absolute atomic E-state index is 0.491. The molecule has 3 unspecified atom stereocenters. The smallest absolute Gasteiger partial charge is 0.00437 e. The van der Waals surface area contributed by atoms with Crippen molar-refractivity contribution < 1.29 is 0 Å². The van der Waals surface area contributed by atoms with Gasteiger partial charge in [-0.15, -0.1) is 0 Å². The molecule has 1 aliphatic rings. The van der Waals surface area contributed by atoms with Crippen molar-refractivity contribution in [3.63, 3.8) is 0 Å². The second kappa shape index (κ2) is 6.22. The number of nitrogens with one attached hydrogen (secondary N) is 1. The van der Waals surface area contributed by atoms with E-state index in [1.54, 1.807) is 0 Å². The maximum atomic E-state index is 3.56. The van der Waals surface area contributed by atoms with E-state index in [9.17, 15) is 0 Å². The number of hydrogen-bond donors (Lipinski definition) is 1. The Morgan fingerprint density at radius 3 is 2.12 bits per heavy atom. The highest BCUT2D eigenvalue weighted by molar-refractivity contribution is 4.87. The van der Waals surface area contributed by atoms with Crippen LogP contribution in [0, 0.1) is 23.2 Å². The molecule has 1 aliphatic carbocycles. The Hall–Kier alpha value is -0.0400. The first-order chi connectivity index (χ1) is 7.85. The average Bonchev–Trinajstić information content (AvgIpc) is 2.15. The van der Waals surface area contributed by atoms with Crippen molar-refractivity contribution in [3.05, 3.63) is 0 Å². The van der Waals surface area contributed by atoms with Crippen LogP contribution < -0.4 is 5.32 Å².